The molecular formula is C28H38N2O4. The van der Waals surface area contributed by atoms with Crippen LogP contribution in [0.3, 0.4) is 0 Å². The maximum Gasteiger partial charge on any atom is 0.303 e. The Balaban J connectivity index is 1.55. The van der Waals surface area contributed by atoms with Crippen molar-refractivity contribution in [1.29, 1.82) is 0 Å². The molecule has 0 aliphatic carbocycles. The van der Waals surface area contributed by atoms with E-state index in [9.17, 15) is 9.59 Å². The van der Waals surface area contributed by atoms with E-state index in [-0.39, 0.29) is 12.8 Å². The van der Waals surface area contributed by atoms with Gasteiger partial charge in [-0.1, -0.05) is 62.8 Å². The number of nitrogens with zero attached hydrogens (tertiary/aromatic N) is 1. The molecule has 0 saturated carbocycles. The number of carbonyl (C=O) groups is 2. The van der Waals surface area contributed by atoms with Crippen molar-refractivity contribution in [2.24, 2.45) is 0 Å². The van der Waals surface area contributed by atoms with Gasteiger partial charge in [-0.3, -0.25) is 9.59 Å². The smallest absolute Gasteiger partial charge is 0.303 e. The largest absolute Gasteiger partial charge is 0.481 e. The highest BCUT2D eigenvalue weighted by atomic mass is 16.4. The van der Waals surface area contributed by atoms with Crippen molar-refractivity contribution in [2.45, 2.75) is 83.5 Å². The van der Waals surface area contributed by atoms with Crippen molar-refractivity contribution in [3.8, 4) is 0 Å². The molecule has 2 heterocycles. The van der Waals surface area contributed by atoms with Gasteiger partial charge in [0.15, 0.2) is 0 Å². The third-order valence-corrected chi connectivity index (χ3v) is 6.46. The van der Waals surface area contributed by atoms with E-state index in [1.54, 1.807) is 0 Å². The molecule has 1 aromatic heterocycles. The lowest BCUT2D eigenvalue weighted by Gasteiger charge is -2.27. The van der Waals surface area contributed by atoms with Gasteiger partial charge in [0.05, 0.1) is 11.4 Å². The second-order valence-electron chi connectivity index (χ2n) is 9.17. The fourth-order valence-corrected chi connectivity index (χ4v) is 4.62. The number of aromatic amines is 1. The van der Waals surface area contributed by atoms with Crippen LogP contribution in [0.15, 0.2) is 36.5 Å². The van der Waals surface area contributed by atoms with Crippen LogP contribution in [0, 0.1) is 0 Å². The summed E-state index contributed by atoms with van der Waals surface area (Å²) in [5.41, 5.74) is 4.83. The second-order valence-corrected chi connectivity index (χ2v) is 9.17. The number of H-pyrrole nitrogens is 1. The van der Waals surface area contributed by atoms with Gasteiger partial charge < -0.3 is 20.1 Å². The molecular weight excluding hydrogens is 428 g/mol. The Morgan fingerprint density at radius 1 is 0.824 bits per heavy atom. The molecule has 34 heavy (non-hydrogen) atoms. The summed E-state index contributed by atoms with van der Waals surface area (Å²) in [6.07, 6.45) is 18.4. The molecule has 2 aromatic rings. The number of nitrogens with one attached hydrogen (secondary N) is 1. The Kier molecular flexibility index (Phi) is 10.3. The Bertz CT molecular complexity index is 1000. The third-order valence-electron chi connectivity index (χ3n) is 6.46. The average Bonchev–Trinajstić information content (AvgIpc) is 3.19. The second kappa shape index (κ2) is 13.6. The molecule has 1 aromatic carbocycles. The van der Waals surface area contributed by atoms with E-state index in [1.165, 1.54) is 22.3 Å². The SMILES string of the molecule is O=C(O)CCCCCCC/C=C1/c2[nH]c3ccccc3c2C=CN1CCCCCCCC(=O)O. The first-order chi connectivity index (χ1) is 16.6. The lowest BCUT2D eigenvalue weighted by Crippen LogP contribution is -2.20. The molecule has 0 unspecified atom stereocenters. The van der Waals surface area contributed by atoms with Crippen molar-refractivity contribution in [3.05, 3.63) is 47.8 Å². The van der Waals surface area contributed by atoms with Crippen LogP contribution in [0.25, 0.3) is 22.7 Å². The van der Waals surface area contributed by atoms with E-state index in [1.807, 2.05) is 0 Å². The molecule has 6 heteroatoms. The number of aliphatic carboxylic acids is 2. The molecule has 3 N–H and O–H groups in total. The van der Waals surface area contributed by atoms with Crippen LogP contribution >= 0.6 is 0 Å². The molecule has 0 radical (unpaired) electrons. The van der Waals surface area contributed by atoms with Crippen molar-refractivity contribution in [3.63, 3.8) is 0 Å². The first-order valence-corrected chi connectivity index (χ1v) is 12.8. The summed E-state index contributed by atoms with van der Waals surface area (Å²) >= 11 is 0. The number of para-hydroxylation sites is 1. The molecule has 0 fully saturated rings. The van der Waals surface area contributed by atoms with Gasteiger partial charge in [0.2, 0.25) is 0 Å². The fraction of sp³-hybridized carbons (Fsp3) is 0.500. The first-order valence-electron chi connectivity index (χ1n) is 12.8. The van der Waals surface area contributed by atoms with Gasteiger partial charge in [-0.25, -0.2) is 0 Å². The zero-order valence-electron chi connectivity index (χ0n) is 20.1. The average molecular weight is 467 g/mol. The van der Waals surface area contributed by atoms with E-state index in [4.69, 9.17) is 10.2 Å². The van der Waals surface area contributed by atoms with Crippen molar-refractivity contribution >= 4 is 34.6 Å². The Morgan fingerprint density at radius 2 is 1.44 bits per heavy atom. The minimum absolute atomic E-state index is 0.268. The highest BCUT2D eigenvalue weighted by Gasteiger charge is 2.20. The maximum atomic E-state index is 10.6. The van der Waals surface area contributed by atoms with Crippen LogP contribution in [-0.2, 0) is 9.59 Å². The number of allylic oxidation sites excluding steroid dienone is 1. The van der Waals surface area contributed by atoms with Gasteiger partial charge >= 0.3 is 11.9 Å². The number of hydrogen-bond acceptors (Lipinski definition) is 3. The van der Waals surface area contributed by atoms with Crippen LogP contribution in [-0.4, -0.2) is 38.6 Å². The molecule has 1 aliphatic heterocycles. The predicted octanol–water partition coefficient (Wildman–Crippen LogP) is 7.04. The van der Waals surface area contributed by atoms with E-state index in [0.717, 1.165) is 82.7 Å². The number of hydrogen-bond donors (Lipinski definition) is 3. The number of aromatic nitrogens is 1. The molecule has 0 amide bonds. The highest BCUT2D eigenvalue weighted by Crippen LogP contribution is 2.35. The van der Waals surface area contributed by atoms with Crippen molar-refractivity contribution < 1.29 is 19.8 Å². The quantitative estimate of drug-likeness (QED) is 0.231. The van der Waals surface area contributed by atoms with Crippen molar-refractivity contribution in [1.82, 2.24) is 9.88 Å². The number of rotatable bonds is 16. The Hall–Kier alpha value is -3.02. The van der Waals surface area contributed by atoms with Crippen LogP contribution < -0.4 is 0 Å². The van der Waals surface area contributed by atoms with Gasteiger partial charge in [0, 0.05) is 42.1 Å². The summed E-state index contributed by atoms with van der Waals surface area (Å²) < 4.78 is 0. The number of unbranched alkanes of at least 4 members (excludes halogenated alkanes) is 9. The van der Waals surface area contributed by atoms with E-state index in [2.05, 4.69) is 52.5 Å². The van der Waals surface area contributed by atoms with Crippen LogP contribution in [0.2, 0.25) is 0 Å². The summed E-state index contributed by atoms with van der Waals surface area (Å²) in [6.45, 7) is 0.950. The lowest BCUT2D eigenvalue weighted by atomic mass is 10.0. The Labute approximate surface area is 202 Å². The first kappa shape index (κ1) is 25.6. The third kappa shape index (κ3) is 7.79. The van der Waals surface area contributed by atoms with Crippen LogP contribution in [0.1, 0.15) is 94.7 Å². The van der Waals surface area contributed by atoms with E-state index < -0.39 is 11.9 Å². The predicted molar refractivity (Wildman–Crippen MR) is 137 cm³/mol. The highest BCUT2D eigenvalue weighted by molar-refractivity contribution is 5.96. The molecule has 184 valence electrons. The number of carboxylic acid groups (broad SMARTS) is 2. The maximum absolute atomic E-state index is 10.6. The minimum Gasteiger partial charge on any atom is -0.481 e. The van der Waals surface area contributed by atoms with E-state index in [0.29, 0.717) is 0 Å². The fourth-order valence-electron chi connectivity index (χ4n) is 4.62. The molecule has 0 atom stereocenters. The number of carboxylic acids is 2. The standard InChI is InChI=1S/C28H38N2O4/c31-26(32)17-9-5-2-1-4-8-16-25-28-23(22-14-11-12-15-24(22)29-28)19-21-30(25)20-13-7-3-6-10-18-27(33)34/h11-12,14-16,19,21,29H,1-10,13,17-18,20H2,(H,31,32)(H,33,34)/b25-16-. The van der Waals surface area contributed by atoms with Crippen molar-refractivity contribution in [2.75, 3.05) is 6.54 Å². The van der Waals surface area contributed by atoms with Gasteiger partial charge in [-0.05, 0) is 44.2 Å². The molecule has 0 saturated heterocycles. The topological polar surface area (TPSA) is 93.6 Å². The summed E-state index contributed by atoms with van der Waals surface area (Å²) in [5.74, 6) is -1.41. The summed E-state index contributed by atoms with van der Waals surface area (Å²) in [6, 6.07) is 8.42. The van der Waals surface area contributed by atoms with Crippen LogP contribution in [0.4, 0.5) is 0 Å². The lowest BCUT2D eigenvalue weighted by molar-refractivity contribution is -0.138. The number of benzene rings is 1. The summed E-state index contributed by atoms with van der Waals surface area (Å²) in [5, 5.41) is 18.8. The van der Waals surface area contributed by atoms with Gasteiger partial charge in [-0.15, -0.1) is 0 Å². The van der Waals surface area contributed by atoms with Gasteiger partial charge in [0.1, 0.15) is 0 Å². The minimum atomic E-state index is -0.706. The van der Waals surface area contributed by atoms with E-state index >= 15 is 0 Å². The molecule has 1 aliphatic rings. The Morgan fingerprint density at radius 3 is 2.15 bits per heavy atom. The zero-order valence-corrected chi connectivity index (χ0v) is 20.1. The van der Waals surface area contributed by atoms with Crippen LogP contribution in [0.5, 0.6) is 0 Å². The molecule has 0 spiro atoms. The van der Waals surface area contributed by atoms with Gasteiger partial charge in [-0.2, -0.15) is 0 Å². The molecule has 0 bridgehead atoms. The zero-order chi connectivity index (χ0) is 24.2. The normalized spacial score (nSPS) is 14.1. The summed E-state index contributed by atoms with van der Waals surface area (Å²) in [4.78, 5) is 27.3. The summed E-state index contributed by atoms with van der Waals surface area (Å²) in [7, 11) is 0. The monoisotopic (exact) mass is 466 g/mol. The number of fused-ring (bicyclic) bond motifs is 3. The molecule has 6 nitrogen and oxygen atoms in total. The van der Waals surface area contributed by atoms with Gasteiger partial charge in [0.25, 0.3) is 0 Å². The molecule has 3 rings (SSSR count).